The molecule has 1 heterocycles. The van der Waals surface area contributed by atoms with E-state index in [-0.39, 0.29) is 31.0 Å². The van der Waals surface area contributed by atoms with Gasteiger partial charge in [0.25, 0.3) is 5.56 Å². The number of carbonyl (C=O) groups is 1. The zero-order valence-electron chi connectivity index (χ0n) is 18.1. The highest BCUT2D eigenvalue weighted by Crippen LogP contribution is 2.21. The lowest BCUT2D eigenvalue weighted by molar-refractivity contribution is -0.153. The van der Waals surface area contributed by atoms with Crippen LogP contribution in [0.2, 0.25) is 0 Å². The molecule has 0 saturated heterocycles. The highest BCUT2D eigenvalue weighted by Gasteiger charge is 2.28. The molecule has 0 aliphatic carbocycles. The van der Waals surface area contributed by atoms with Gasteiger partial charge in [-0.05, 0) is 72.8 Å². The van der Waals surface area contributed by atoms with Crippen molar-refractivity contribution in [2.75, 3.05) is 25.1 Å². The number of amides is 2. The molecular formula is C23H24F3N3O4. The van der Waals surface area contributed by atoms with Crippen LogP contribution in [-0.4, -0.2) is 47.0 Å². The summed E-state index contributed by atoms with van der Waals surface area (Å²) in [5, 5.41) is 12.8. The minimum Gasteiger partial charge on any atom is -0.484 e. The minimum absolute atomic E-state index is 0.00534. The van der Waals surface area contributed by atoms with Crippen LogP contribution in [0.3, 0.4) is 0 Å². The molecule has 176 valence electrons. The van der Waals surface area contributed by atoms with Gasteiger partial charge in [-0.1, -0.05) is 0 Å². The van der Waals surface area contributed by atoms with Gasteiger partial charge in [-0.3, -0.25) is 4.79 Å². The molecule has 0 aliphatic rings. The Morgan fingerprint density at radius 2 is 1.79 bits per heavy atom. The third-order valence-electron chi connectivity index (χ3n) is 5.06. The molecule has 0 aliphatic heterocycles. The SMILES string of the molecule is Cc1cc2cc(CN(CCO)C(=O)Nc3ccc(OCC(F)(F)F)cc3)c(=O)[nH]c2cc1C. The molecule has 0 bridgehead atoms. The average Bonchev–Trinajstić information content (AvgIpc) is 2.74. The number of aliphatic hydroxyl groups is 1. The Balaban J connectivity index is 1.73. The number of ether oxygens (including phenoxy) is 1. The maximum atomic E-state index is 12.7. The molecule has 1 aromatic heterocycles. The zero-order chi connectivity index (χ0) is 24.2. The van der Waals surface area contributed by atoms with E-state index in [1.807, 2.05) is 26.0 Å². The van der Waals surface area contributed by atoms with E-state index in [2.05, 4.69) is 15.0 Å². The van der Waals surface area contributed by atoms with Crippen molar-refractivity contribution in [2.24, 2.45) is 0 Å². The fraction of sp³-hybridized carbons (Fsp3) is 0.304. The number of urea groups is 1. The number of aryl methyl sites for hydroxylation is 2. The Labute approximate surface area is 187 Å². The number of fused-ring (bicyclic) bond motifs is 1. The molecule has 0 saturated carbocycles. The number of aliphatic hydroxyl groups excluding tert-OH is 1. The molecular weight excluding hydrogens is 439 g/mol. The van der Waals surface area contributed by atoms with Gasteiger partial charge in [-0.2, -0.15) is 13.2 Å². The second-order valence-electron chi connectivity index (χ2n) is 7.65. The summed E-state index contributed by atoms with van der Waals surface area (Å²) in [4.78, 5) is 29.4. The first-order valence-electron chi connectivity index (χ1n) is 10.2. The standard InChI is InChI=1S/C23H24F3N3O4/c1-14-9-16-11-17(21(31)28-20(16)10-15(14)2)12-29(7-8-30)22(32)27-18-3-5-19(6-4-18)33-13-23(24,25)26/h3-6,9-11,30H,7-8,12-13H2,1-2H3,(H,27,32)(H,28,31). The maximum Gasteiger partial charge on any atom is 0.422 e. The Kier molecular flexibility index (Phi) is 7.27. The van der Waals surface area contributed by atoms with E-state index < -0.39 is 18.8 Å². The van der Waals surface area contributed by atoms with Gasteiger partial charge in [0, 0.05) is 23.3 Å². The summed E-state index contributed by atoms with van der Waals surface area (Å²) in [6.45, 7) is 2.11. The number of alkyl halides is 3. The summed E-state index contributed by atoms with van der Waals surface area (Å²) in [5.74, 6) is 0.00534. The number of rotatable bonds is 7. The number of pyridine rings is 1. The summed E-state index contributed by atoms with van der Waals surface area (Å²) in [5.41, 5.74) is 3.13. The van der Waals surface area contributed by atoms with Gasteiger partial charge in [0.15, 0.2) is 6.61 Å². The van der Waals surface area contributed by atoms with Crippen LogP contribution in [0.5, 0.6) is 5.75 Å². The van der Waals surface area contributed by atoms with Crippen molar-refractivity contribution >= 4 is 22.6 Å². The van der Waals surface area contributed by atoms with Crippen LogP contribution >= 0.6 is 0 Å². The first-order valence-corrected chi connectivity index (χ1v) is 10.2. The second-order valence-corrected chi connectivity index (χ2v) is 7.65. The van der Waals surface area contributed by atoms with Gasteiger partial charge in [-0.25, -0.2) is 4.79 Å². The third kappa shape index (κ3) is 6.48. The van der Waals surface area contributed by atoms with Crippen LogP contribution in [0, 0.1) is 13.8 Å². The lowest BCUT2D eigenvalue weighted by Gasteiger charge is -2.22. The number of benzene rings is 2. The van der Waals surface area contributed by atoms with E-state index in [9.17, 15) is 27.9 Å². The van der Waals surface area contributed by atoms with Gasteiger partial charge >= 0.3 is 12.2 Å². The highest BCUT2D eigenvalue weighted by atomic mass is 19.4. The fourth-order valence-electron chi connectivity index (χ4n) is 3.22. The molecule has 0 radical (unpaired) electrons. The van der Waals surface area contributed by atoms with E-state index in [0.717, 1.165) is 16.5 Å². The van der Waals surface area contributed by atoms with Crippen molar-refractivity contribution in [3.8, 4) is 5.75 Å². The summed E-state index contributed by atoms with van der Waals surface area (Å²) in [7, 11) is 0. The number of hydrogen-bond acceptors (Lipinski definition) is 4. The van der Waals surface area contributed by atoms with Gasteiger partial charge < -0.3 is 25.0 Å². The molecule has 2 aromatic carbocycles. The number of aromatic nitrogens is 1. The number of H-pyrrole nitrogens is 1. The Morgan fingerprint density at radius 1 is 1.12 bits per heavy atom. The predicted octanol–water partition coefficient (Wildman–Crippen LogP) is 4.11. The van der Waals surface area contributed by atoms with Crippen molar-refractivity contribution < 1.29 is 27.8 Å². The van der Waals surface area contributed by atoms with Crippen LogP contribution in [0.4, 0.5) is 23.7 Å². The summed E-state index contributed by atoms with van der Waals surface area (Å²) >= 11 is 0. The van der Waals surface area contributed by atoms with E-state index in [0.29, 0.717) is 16.8 Å². The first-order chi connectivity index (χ1) is 15.6. The van der Waals surface area contributed by atoms with Crippen molar-refractivity contribution in [3.63, 3.8) is 0 Å². The van der Waals surface area contributed by atoms with Gasteiger partial charge in [0.05, 0.1) is 13.2 Å². The molecule has 3 aromatic rings. The number of nitrogens with one attached hydrogen (secondary N) is 2. The monoisotopic (exact) mass is 463 g/mol. The molecule has 33 heavy (non-hydrogen) atoms. The minimum atomic E-state index is -4.45. The summed E-state index contributed by atoms with van der Waals surface area (Å²) in [6, 6.07) is 10.4. The van der Waals surface area contributed by atoms with Crippen molar-refractivity contribution in [1.29, 1.82) is 0 Å². The number of hydrogen-bond donors (Lipinski definition) is 3. The molecule has 0 fully saturated rings. The molecule has 10 heteroatoms. The normalized spacial score (nSPS) is 11.5. The van der Waals surface area contributed by atoms with Crippen LogP contribution in [0.15, 0.2) is 47.3 Å². The van der Waals surface area contributed by atoms with Gasteiger partial charge in [0.1, 0.15) is 5.75 Å². The van der Waals surface area contributed by atoms with Crippen molar-refractivity contribution in [2.45, 2.75) is 26.6 Å². The quantitative estimate of drug-likeness (QED) is 0.492. The number of halogens is 3. The lowest BCUT2D eigenvalue weighted by atomic mass is 10.0. The van der Waals surface area contributed by atoms with Gasteiger partial charge in [-0.15, -0.1) is 0 Å². The zero-order valence-corrected chi connectivity index (χ0v) is 18.1. The summed E-state index contributed by atoms with van der Waals surface area (Å²) in [6.07, 6.45) is -4.45. The Hall–Kier alpha value is -3.53. The number of anilines is 1. The predicted molar refractivity (Wildman–Crippen MR) is 119 cm³/mol. The molecule has 2 amide bonds. The van der Waals surface area contributed by atoms with Gasteiger partial charge in [0.2, 0.25) is 0 Å². The fourth-order valence-corrected chi connectivity index (χ4v) is 3.22. The van der Waals surface area contributed by atoms with E-state index >= 15 is 0 Å². The van der Waals surface area contributed by atoms with Crippen LogP contribution < -0.4 is 15.6 Å². The molecule has 3 rings (SSSR count). The average molecular weight is 463 g/mol. The van der Waals surface area contributed by atoms with Crippen LogP contribution in [0.1, 0.15) is 16.7 Å². The molecule has 0 spiro atoms. The maximum absolute atomic E-state index is 12.7. The second kappa shape index (κ2) is 9.95. The number of aromatic amines is 1. The smallest absolute Gasteiger partial charge is 0.422 e. The molecule has 3 N–H and O–H groups in total. The van der Waals surface area contributed by atoms with Crippen molar-refractivity contribution in [1.82, 2.24) is 9.88 Å². The number of nitrogens with zero attached hydrogens (tertiary/aromatic N) is 1. The molecule has 0 unspecified atom stereocenters. The first kappa shape index (κ1) is 24.1. The van der Waals surface area contributed by atoms with E-state index in [1.165, 1.54) is 29.2 Å². The van der Waals surface area contributed by atoms with Crippen molar-refractivity contribution in [3.05, 3.63) is 69.5 Å². The van der Waals surface area contributed by atoms with E-state index in [1.54, 1.807) is 6.07 Å². The van der Waals surface area contributed by atoms with Crippen LogP contribution in [-0.2, 0) is 6.54 Å². The number of carbonyl (C=O) groups excluding carboxylic acids is 1. The lowest BCUT2D eigenvalue weighted by Crippen LogP contribution is -2.38. The van der Waals surface area contributed by atoms with Crippen LogP contribution in [0.25, 0.3) is 10.9 Å². The third-order valence-corrected chi connectivity index (χ3v) is 5.06. The largest absolute Gasteiger partial charge is 0.484 e. The Morgan fingerprint density at radius 3 is 2.42 bits per heavy atom. The topological polar surface area (TPSA) is 94.7 Å². The molecule has 0 atom stereocenters. The molecule has 7 nitrogen and oxygen atoms in total. The van der Waals surface area contributed by atoms with E-state index in [4.69, 9.17) is 0 Å². The summed E-state index contributed by atoms with van der Waals surface area (Å²) < 4.78 is 41.4. The Bertz CT molecular complexity index is 1190. The highest BCUT2D eigenvalue weighted by molar-refractivity contribution is 5.89.